The second-order valence-corrected chi connectivity index (χ2v) is 5.65. The summed E-state index contributed by atoms with van der Waals surface area (Å²) in [4.78, 5) is 9.34. The molecule has 0 spiro atoms. The molecule has 0 bridgehead atoms. The maximum absolute atomic E-state index is 4.80. The zero-order valence-corrected chi connectivity index (χ0v) is 13.7. The van der Waals surface area contributed by atoms with Crippen molar-refractivity contribution < 1.29 is 0 Å². The molecule has 0 saturated heterocycles. The van der Waals surface area contributed by atoms with E-state index in [1.807, 2.05) is 36.5 Å². The predicted octanol–water partition coefficient (Wildman–Crippen LogP) is 5.97. The van der Waals surface area contributed by atoms with E-state index in [1.165, 1.54) is 11.1 Å². The van der Waals surface area contributed by atoms with E-state index in [0.29, 0.717) is 0 Å². The summed E-state index contributed by atoms with van der Waals surface area (Å²) in [7, 11) is 0. The third kappa shape index (κ3) is 5.28. The van der Waals surface area contributed by atoms with E-state index in [-0.39, 0.29) is 0 Å². The van der Waals surface area contributed by atoms with Crippen LogP contribution in [0.15, 0.2) is 58.5 Å². The van der Waals surface area contributed by atoms with Crippen LogP contribution in [0.2, 0.25) is 0 Å². The van der Waals surface area contributed by atoms with E-state index >= 15 is 0 Å². The fourth-order valence-corrected chi connectivity index (χ4v) is 2.35. The summed E-state index contributed by atoms with van der Waals surface area (Å²) in [5.74, 6) is 0. The van der Waals surface area contributed by atoms with Crippen LogP contribution in [0.5, 0.6) is 0 Å². The van der Waals surface area contributed by atoms with E-state index in [4.69, 9.17) is 4.99 Å². The zero-order chi connectivity index (χ0) is 15.8. The Balaban J connectivity index is 2.24. The molecule has 0 N–H and O–H groups in total. The third-order valence-electron chi connectivity index (χ3n) is 3.38. The topological polar surface area (TPSA) is 24.7 Å². The van der Waals surface area contributed by atoms with E-state index in [1.54, 1.807) is 0 Å². The van der Waals surface area contributed by atoms with Crippen molar-refractivity contribution in [2.45, 2.75) is 40.0 Å². The summed E-state index contributed by atoms with van der Waals surface area (Å²) < 4.78 is 0. The number of para-hydroxylation sites is 1. The first-order valence-corrected chi connectivity index (χ1v) is 7.92. The average Bonchev–Trinajstić information content (AvgIpc) is 2.50. The van der Waals surface area contributed by atoms with Gasteiger partial charge >= 0.3 is 0 Å². The van der Waals surface area contributed by atoms with E-state index < -0.39 is 0 Å². The van der Waals surface area contributed by atoms with Gasteiger partial charge in [-0.1, -0.05) is 37.6 Å². The van der Waals surface area contributed by atoms with Crippen molar-refractivity contribution >= 4 is 23.3 Å². The molecule has 22 heavy (non-hydrogen) atoms. The Morgan fingerprint density at radius 3 is 2.27 bits per heavy atom. The number of rotatable bonds is 6. The molecular formula is C20H24N2. The SMILES string of the molecule is CCCCC(C=Nc1ccccc1)=Nc1cc(C)cc(C)c1. The van der Waals surface area contributed by atoms with Crippen LogP contribution in [0.1, 0.15) is 37.3 Å². The monoisotopic (exact) mass is 292 g/mol. The molecule has 2 aromatic carbocycles. The summed E-state index contributed by atoms with van der Waals surface area (Å²) in [6, 6.07) is 16.4. The molecule has 2 aromatic rings. The Bertz CT molecular complexity index is 634. The Kier molecular flexibility index (Phi) is 6.08. The molecule has 114 valence electrons. The minimum atomic E-state index is 0.958. The lowest BCUT2D eigenvalue weighted by Gasteiger charge is -2.03. The van der Waals surface area contributed by atoms with Gasteiger partial charge in [-0.3, -0.25) is 9.98 Å². The molecule has 0 aliphatic rings. The number of aryl methyl sites for hydroxylation is 2. The van der Waals surface area contributed by atoms with Crippen LogP contribution in [0.25, 0.3) is 0 Å². The highest BCUT2D eigenvalue weighted by molar-refractivity contribution is 6.31. The van der Waals surface area contributed by atoms with Gasteiger partial charge < -0.3 is 0 Å². The number of unbranched alkanes of at least 4 members (excludes halogenated alkanes) is 1. The largest absolute Gasteiger partial charge is 0.255 e. The molecule has 0 aliphatic heterocycles. The fourth-order valence-electron chi connectivity index (χ4n) is 2.35. The van der Waals surface area contributed by atoms with Gasteiger partial charge in [0.2, 0.25) is 0 Å². The minimum Gasteiger partial charge on any atom is -0.255 e. The van der Waals surface area contributed by atoms with Gasteiger partial charge in [-0.15, -0.1) is 0 Å². The Hall–Kier alpha value is -2.22. The number of aliphatic imine (C=N–C) groups is 2. The van der Waals surface area contributed by atoms with Crippen molar-refractivity contribution in [2.24, 2.45) is 9.98 Å². The van der Waals surface area contributed by atoms with Crippen molar-refractivity contribution in [3.63, 3.8) is 0 Å². The number of hydrogen-bond acceptors (Lipinski definition) is 2. The molecule has 0 aliphatic carbocycles. The zero-order valence-electron chi connectivity index (χ0n) is 13.7. The second-order valence-electron chi connectivity index (χ2n) is 5.65. The molecule has 2 rings (SSSR count). The summed E-state index contributed by atoms with van der Waals surface area (Å²) in [5, 5.41) is 0. The number of nitrogens with zero attached hydrogens (tertiary/aromatic N) is 2. The van der Waals surface area contributed by atoms with Gasteiger partial charge in [-0.2, -0.15) is 0 Å². The van der Waals surface area contributed by atoms with Gasteiger partial charge in [0.05, 0.1) is 17.1 Å². The van der Waals surface area contributed by atoms with E-state index in [9.17, 15) is 0 Å². The molecule has 2 heteroatoms. The normalized spacial score (nSPS) is 12.0. The summed E-state index contributed by atoms with van der Waals surface area (Å²) in [5.41, 5.74) is 5.51. The molecule has 0 unspecified atom stereocenters. The Morgan fingerprint density at radius 2 is 1.64 bits per heavy atom. The van der Waals surface area contributed by atoms with Gasteiger partial charge in [0.1, 0.15) is 0 Å². The summed E-state index contributed by atoms with van der Waals surface area (Å²) in [6.07, 6.45) is 5.15. The van der Waals surface area contributed by atoms with Gasteiger partial charge in [0.25, 0.3) is 0 Å². The Labute approximate surface area is 133 Å². The standard InChI is InChI=1S/C20H24N2/c1-4-5-9-19(15-21-18-10-7-6-8-11-18)22-20-13-16(2)12-17(3)14-20/h6-8,10-15H,4-5,9H2,1-3H3. The minimum absolute atomic E-state index is 0.958. The first-order valence-electron chi connectivity index (χ1n) is 7.92. The molecule has 0 saturated carbocycles. The van der Waals surface area contributed by atoms with Crippen molar-refractivity contribution in [1.82, 2.24) is 0 Å². The lowest BCUT2D eigenvalue weighted by Crippen LogP contribution is -1.99. The second kappa shape index (κ2) is 8.28. The molecule has 2 nitrogen and oxygen atoms in total. The quantitative estimate of drug-likeness (QED) is 0.586. The molecule has 0 aromatic heterocycles. The van der Waals surface area contributed by atoms with Crippen LogP contribution in [-0.2, 0) is 0 Å². The maximum atomic E-state index is 4.80. The van der Waals surface area contributed by atoms with E-state index in [2.05, 4.69) is 44.0 Å². The van der Waals surface area contributed by atoms with Crippen molar-refractivity contribution in [3.05, 3.63) is 59.7 Å². The van der Waals surface area contributed by atoms with Crippen LogP contribution >= 0.6 is 0 Å². The summed E-state index contributed by atoms with van der Waals surface area (Å²) >= 11 is 0. The maximum Gasteiger partial charge on any atom is 0.0638 e. The van der Waals surface area contributed by atoms with Crippen LogP contribution in [0.4, 0.5) is 11.4 Å². The van der Waals surface area contributed by atoms with Crippen LogP contribution < -0.4 is 0 Å². The van der Waals surface area contributed by atoms with Crippen molar-refractivity contribution in [1.29, 1.82) is 0 Å². The summed E-state index contributed by atoms with van der Waals surface area (Å²) in [6.45, 7) is 6.41. The van der Waals surface area contributed by atoms with E-state index in [0.717, 1.165) is 36.3 Å². The predicted molar refractivity (Wildman–Crippen MR) is 97.1 cm³/mol. The van der Waals surface area contributed by atoms with Crippen molar-refractivity contribution in [2.75, 3.05) is 0 Å². The van der Waals surface area contributed by atoms with Crippen LogP contribution in [-0.4, -0.2) is 11.9 Å². The highest BCUT2D eigenvalue weighted by Crippen LogP contribution is 2.18. The fraction of sp³-hybridized carbons (Fsp3) is 0.300. The van der Waals surface area contributed by atoms with Crippen LogP contribution in [0, 0.1) is 13.8 Å². The third-order valence-corrected chi connectivity index (χ3v) is 3.38. The number of benzene rings is 2. The first-order chi connectivity index (χ1) is 10.7. The average molecular weight is 292 g/mol. The Morgan fingerprint density at radius 1 is 0.955 bits per heavy atom. The highest BCUT2D eigenvalue weighted by Gasteiger charge is 1.99. The highest BCUT2D eigenvalue weighted by atomic mass is 14.8. The molecule has 0 atom stereocenters. The smallest absolute Gasteiger partial charge is 0.0638 e. The van der Waals surface area contributed by atoms with Crippen molar-refractivity contribution in [3.8, 4) is 0 Å². The van der Waals surface area contributed by atoms with Gasteiger partial charge in [0, 0.05) is 6.21 Å². The molecule has 0 amide bonds. The first kappa shape index (κ1) is 16.2. The lowest BCUT2D eigenvalue weighted by molar-refractivity contribution is 0.839. The molecule has 0 fully saturated rings. The molecular weight excluding hydrogens is 268 g/mol. The van der Waals surface area contributed by atoms with Crippen LogP contribution in [0.3, 0.4) is 0 Å². The lowest BCUT2D eigenvalue weighted by atomic mass is 10.1. The molecule has 0 heterocycles. The van der Waals surface area contributed by atoms with Gasteiger partial charge in [0.15, 0.2) is 0 Å². The number of hydrogen-bond donors (Lipinski definition) is 0. The molecule has 0 radical (unpaired) electrons. The van der Waals surface area contributed by atoms with Gasteiger partial charge in [-0.05, 0) is 62.1 Å². The van der Waals surface area contributed by atoms with Gasteiger partial charge in [-0.25, -0.2) is 0 Å².